The normalized spacial score (nSPS) is 20.7. The first-order valence-corrected chi connectivity index (χ1v) is 18.1. The van der Waals surface area contributed by atoms with Crippen LogP contribution in [0, 0.1) is 6.92 Å². The fraction of sp³-hybridized carbons (Fsp3) is 0.400. The molecular weight excluding hydrogens is 638 g/mol. The minimum atomic E-state index is -0.945. The third kappa shape index (κ3) is 8.72. The lowest BCUT2D eigenvalue weighted by Crippen LogP contribution is -2.14. The molecule has 2 aromatic heterocycles. The number of benzene rings is 1. The van der Waals surface area contributed by atoms with Crippen molar-refractivity contribution in [2.45, 2.75) is 68.9 Å². The summed E-state index contributed by atoms with van der Waals surface area (Å²) in [6.45, 7) is 4.80. The second kappa shape index (κ2) is 16.0. The Morgan fingerprint density at radius 2 is 1.85 bits per heavy atom. The average molecular weight is 680 g/mol. The van der Waals surface area contributed by atoms with Crippen molar-refractivity contribution in [3.05, 3.63) is 92.7 Å². The van der Waals surface area contributed by atoms with Crippen LogP contribution in [0.2, 0.25) is 0 Å². The molecule has 2 aliphatic rings. The zero-order valence-electron chi connectivity index (χ0n) is 27.0. The van der Waals surface area contributed by atoms with E-state index in [1.165, 1.54) is 34.6 Å². The number of rotatable bonds is 1. The molecular formula is C35H42ClN5O3S2. The minimum absolute atomic E-state index is 0.287. The Balaban J connectivity index is 1.43. The lowest BCUT2D eigenvalue weighted by molar-refractivity contribution is 0.0683. The summed E-state index contributed by atoms with van der Waals surface area (Å²) in [7, 11) is 3.91. The number of allylic oxidation sites excluding steroid dienone is 5. The number of carbonyl (C=O) groups is 1. The maximum Gasteiger partial charge on any atom is 0.352 e. The van der Waals surface area contributed by atoms with Gasteiger partial charge in [-0.05, 0) is 111 Å². The number of carboxylic acid groups (broad SMARTS) is 1. The van der Waals surface area contributed by atoms with E-state index in [4.69, 9.17) is 21.4 Å². The van der Waals surface area contributed by atoms with E-state index < -0.39 is 5.97 Å². The Hall–Kier alpha value is -3.34. The van der Waals surface area contributed by atoms with Crippen molar-refractivity contribution in [2.24, 2.45) is 12.1 Å². The van der Waals surface area contributed by atoms with Crippen molar-refractivity contribution < 1.29 is 14.6 Å². The van der Waals surface area contributed by atoms with Gasteiger partial charge in [0.1, 0.15) is 11.4 Å². The first-order chi connectivity index (χ1) is 22.2. The first kappa shape index (κ1) is 34.0. The first-order valence-electron chi connectivity index (χ1n) is 15.6. The Labute approximate surface area is 285 Å². The van der Waals surface area contributed by atoms with Crippen LogP contribution in [0.1, 0.15) is 70.4 Å². The second-order valence-electron chi connectivity index (χ2n) is 11.6. The maximum absolute atomic E-state index is 12.2. The molecule has 0 radical (unpaired) electrons. The topological polar surface area (TPSA) is 84.9 Å². The molecule has 244 valence electrons. The molecule has 1 aliphatic carbocycles. The standard InChI is InChI=1S/C35H42ClN5O3S2/c1-24-18-29-13-12-27(36)11-10-25(2)39(3)37-14-17-45-22-28-20-30(40(4)38-28)23-46-31-19-26-8-5-6-9-32(26)33(21-31)44-16-7-15-41(29)34(24)35(42)43/h10-14,18-21H,5-9,15-17,22-23H2,1-4H3,(H,42,43)/b13-12-,25-10+,27-11-,37-14+. The van der Waals surface area contributed by atoms with Gasteiger partial charge in [-0.25, -0.2) is 4.79 Å². The monoisotopic (exact) mass is 679 g/mol. The molecule has 8 nitrogen and oxygen atoms in total. The summed E-state index contributed by atoms with van der Waals surface area (Å²) in [5.74, 6) is 2.43. The molecule has 0 saturated heterocycles. The van der Waals surface area contributed by atoms with Crippen LogP contribution in [0.5, 0.6) is 5.75 Å². The van der Waals surface area contributed by atoms with Crippen molar-refractivity contribution >= 4 is 53.4 Å². The molecule has 4 bridgehead atoms. The van der Waals surface area contributed by atoms with E-state index in [0.29, 0.717) is 30.2 Å². The molecule has 1 aliphatic heterocycles. The summed E-state index contributed by atoms with van der Waals surface area (Å²) in [6.07, 6.45) is 14.4. The molecule has 0 unspecified atom stereocenters. The van der Waals surface area contributed by atoms with E-state index in [0.717, 1.165) is 52.9 Å². The van der Waals surface area contributed by atoms with E-state index in [9.17, 15) is 9.90 Å². The van der Waals surface area contributed by atoms with Crippen LogP contribution in [0.4, 0.5) is 0 Å². The number of aryl methyl sites for hydroxylation is 3. The number of carboxylic acids is 1. The van der Waals surface area contributed by atoms with Gasteiger partial charge in [-0.15, -0.1) is 23.5 Å². The van der Waals surface area contributed by atoms with Crippen molar-refractivity contribution in [3.8, 4) is 5.75 Å². The van der Waals surface area contributed by atoms with Gasteiger partial charge in [0.2, 0.25) is 0 Å². The Morgan fingerprint density at radius 3 is 2.67 bits per heavy atom. The number of hydrogen-bond acceptors (Lipinski definition) is 7. The summed E-state index contributed by atoms with van der Waals surface area (Å²) in [5, 5.41) is 21.6. The fourth-order valence-electron chi connectivity index (χ4n) is 5.72. The second-order valence-corrected chi connectivity index (χ2v) is 14.1. The van der Waals surface area contributed by atoms with Gasteiger partial charge in [-0.1, -0.05) is 11.6 Å². The van der Waals surface area contributed by atoms with Gasteiger partial charge in [0.15, 0.2) is 0 Å². The van der Waals surface area contributed by atoms with Gasteiger partial charge in [-0.3, -0.25) is 9.69 Å². The average Bonchev–Trinajstić information content (AvgIpc) is 3.56. The van der Waals surface area contributed by atoms with Crippen molar-refractivity contribution in [2.75, 3.05) is 19.4 Å². The Morgan fingerprint density at radius 1 is 1.02 bits per heavy atom. The van der Waals surface area contributed by atoms with Gasteiger partial charge in [0, 0.05) is 71.1 Å². The van der Waals surface area contributed by atoms with Crippen molar-refractivity contribution in [1.82, 2.24) is 19.4 Å². The molecule has 3 heterocycles. The van der Waals surface area contributed by atoms with E-state index in [1.54, 1.807) is 17.8 Å². The smallest absolute Gasteiger partial charge is 0.352 e. The predicted octanol–water partition coefficient (Wildman–Crippen LogP) is 8.07. The highest BCUT2D eigenvalue weighted by atomic mass is 35.5. The largest absolute Gasteiger partial charge is 0.493 e. The van der Waals surface area contributed by atoms with Gasteiger partial charge >= 0.3 is 5.97 Å². The van der Waals surface area contributed by atoms with Crippen molar-refractivity contribution in [3.63, 3.8) is 0 Å². The number of fused-ring (bicyclic) bond motifs is 7. The van der Waals surface area contributed by atoms with Gasteiger partial charge in [0.25, 0.3) is 0 Å². The summed E-state index contributed by atoms with van der Waals surface area (Å²) >= 11 is 10.1. The number of hydrazone groups is 1. The van der Waals surface area contributed by atoms with E-state index in [1.807, 2.05) is 84.5 Å². The number of halogens is 1. The molecule has 46 heavy (non-hydrogen) atoms. The molecule has 1 aromatic carbocycles. The highest BCUT2D eigenvalue weighted by Crippen LogP contribution is 2.36. The van der Waals surface area contributed by atoms with Gasteiger partial charge < -0.3 is 14.4 Å². The fourth-order valence-corrected chi connectivity index (χ4v) is 7.48. The van der Waals surface area contributed by atoms with Crippen molar-refractivity contribution in [1.29, 1.82) is 0 Å². The molecule has 3 aromatic rings. The lowest BCUT2D eigenvalue weighted by atomic mass is 9.91. The number of ether oxygens (including phenoxy) is 1. The number of thioether (sulfide) groups is 2. The van der Waals surface area contributed by atoms with Crippen LogP contribution in [0.3, 0.4) is 0 Å². The molecule has 0 saturated carbocycles. The van der Waals surface area contributed by atoms with E-state index in [-0.39, 0.29) is 5.69 Å². The van der Waals surface area contributed by atoms with Gasteiger partial charge in [0.05, 0.1) is 12.3 Å². The summed E-state index contributed by atoms with van der Waals surface area (Å²) in [5.41, 5.74) is 7.67. The molecule has 0 atom stereocenters. The summed E-state index contributed by atoms with van der Waals surface area (Å²) < 4.78 is 10.3. The quantitative estimate of drug-likeness (QED) is 0.278. The number of aromatic nitrogens is 3. The third-order valence-corrected chi connectivity index (χ3v) is 10.4. The van der Waals surface area contributed by atoms with E-state index >= 15 is 0 Å². The zero-order valence-corrected chi connectivity index (χ0v) is 29.4. The SMILES string of the molecule is C\C1=C/C=C(Cl)/C=C\c2cc(C)c(C(=O)O)n2CCCOc2cc(cc3c2CCCC3)SCc2cc(nn2C)CSC/C=N/N1C. The molecule has 11 heteroatoms. The Bertz CT molecular complexity index is 1690. The Kier molecular flexibility index (Phi) is 11.8. The molecule has 0 spiro atoms. The number of hydrogen-bond donors (Lipinski definition) is 1. The molecule has 0 amide bonds. The highest BCUT2D eigenvalue weighted by molar-refractivity contribution is 7.99. The highest BCUT2D eigenvalue weighted by Gasteiger charge is 2.19. The number of aromatic carboxylic acids is 1. The van der Waals surface area contributed by atoms with Crippen LogP contribution in [0.15, 0.2) is 63.2 Å². The third-order valence-electron chi connectivity index (χ3n) is 8.22. The maximum atomic E-state index is 12.2. The summed E-state index contributed by atoms with van der Waals surface area (Å²) in [4.78, 5) is 13.4. The lowest BCUT2D eigenvalue weighted by Gasteiger charge is -2.21. The predicted molar refractivity (Wildman–Crippen MR) is 191 cm³/mol. The van der Waals surface area contributed by atoms with Crippen LogP contribution >= 0.6 is 35.1 Å². The minimum Gasteiger partial charge on any atom is -0.493 e. The zero-order chi connectivity index (χ0) is 32.6. The van der Waals surface area contributed by atoms with Crippen LogP contribution < -0.4 is 4.74 Å². The van der Waals surface area contributed by atoms with Gasteiger partial charge in [-0.2, -0.15) is 10.2 Å². The van der Waals surface area contributed by atoms with Crippen LogP contribution in [0.25, 0.3) is 6.08 Å². The molecule has 5 rings (SSSR count). The molecule has 1 N–H and O–H groups in total. The van der Waals surface area contributed by atoms with Crippen LogP contribution in [-0.2, 0) is 37.9 Å². The summed E-state index contributed by atoms with van der Waals surface area (Å²) in [6, 6.07) is 8.61. The molecule has 0 fully saturated rings. The van der Waals surface area contributed by atoms with E-state index in [2.05, 4.69) is 23.3 Å². The number of nitrogens with zero attached hydrogens (tertiary/aromatic N) is 5. The van der Waals surface area contributed by atoms with Crippen LogP contribution in [-0.4, -0.2) is 56.1 Å².